The number of carbonyl (C=O) groups is 1. The fourth-order valence-corrected chi connectivity index (χ4v) is 3.59. The molecule has 9 nitrogen and oxygen atoms in total. The summed E-state index contributed by atoms with van der Waals surface area (Å²) < 4.78 is 0. The Bertz CT molecular complexity index is 847. The lowest BCUT2D eigenvalue weighted by atomic mass is 10.1. The molecule has 0 saturated carbocycles. The number of hydrogen-bond acceptors (Lipinski definition) is 6. The second kappa shape index (κ2) is 7.93. The van der Waals surface area contributed by atoms with Gasteiger partial charge in [-0.1, -0.05) is 12.1 Å². The van der Waals surface area contributed by atoms with Gasteiger partial charge in [-0.25, -0.2) is 0 Å². The smallest absolute Gasteiger partial charge is 0.292 e. The number of nitrogens with one attached hydrogen (secondary N) is 2. The number of nitro benzene ring substituents is 1. The van der Waals surface area contributed by atoms with E-state index in [0.29, 0.717) is 44.1 Å². The quantitative estimate of drug-likeness (QED) is 0.603. The van der Waals surface area contributed by atoms with Crippen LogP contribution < -0.4 is 10.2 Å². The first-order valence-electron chi connectivity index (χ1n) is 8.69. The van der Waals surface area contributed by atoms with Crippen LogP contribution in [0.15, 0.2) is 24.3 Å². The van der Waals surface area contributed by atoms with E-state index in [9.17, 15) is 14.9 Å². The third-order valence-electron chi connectivity index (χ3n) is 4.99. The fourth-order valence-electron chi connectivity index (χ4n) is 3.59. The number of aromatic nitrogens is 2. The molecule has 0 aliphatic carbocycles. The number of nitrogens with zero attached hydrogens (tertiary/aromatic N) is 4. The van der Waals surface area contributed by atoms with E-state index in [1.54, 1.807) is 23.1 Å². The normalized spacial score (nSPS) is 16.4. The molecule has 2 aromatic rings. The van der Waals surface area contributed by atoms with Crippen molar-refractivity contribution in [2.24, 2.45) is 0 Å². The van der Waals surface area contributed by atoms with Crippen LogP contribution in [-0.2, 0) is 13.0 Å². The first kappa shape index (κ1) is 19.1. The summed E-state index contributed by atoms with van der Waals surface area (Å²) >= 11 is 0. The van der Waals surface area contributed by atoms with Gasteiger partial charge in [0, 0.05) is 63.0 Å². The molecule has 0 atom stereocenters. The van der Waals surface area contributed by atoms with Gasteiger partial charge in [-0.15, -0.1) is 12.4 Å². The van der Waals surface area contributed by atoms with E-state index in [1.807, 2.05) is 4.90 Å². The number of anilines is 1. The number of aromatic amines is 1. The number of amides is 1. The zero-order valence-corrected chi connectivity index (χ0v) is 15.5. The van der Waals surface area contributed by atoms with Crippen molar-refractivity contribution in [3.8, 4) is 0 Å². The molecule has 3 heterocycles. The lowest BCUT2D eigenvalue weighted by Gasteiger charge is -2.35. The molecule has 10 heteroatoms. The van der Waals surface area contributed by atoms with Gasteiger partial charge < -0.3 is 15.1 Å². The van der Waals surface area contributed by atoms with Crippen LogP contribution in [0.5, 0.6) is 0 Å². The van der Waals surface area contributed by atoms with E-state index >= 15 is 0 Å². The van der Waals surface area contributed by atoms with E-state index in [-0.39, 0.29) is 28.9 Å². The third-order valence-corrected chi connectivity index (χ3v) is 4.99. The number of carbonyl (C=O) groups excluding carboxylic acids is 1. The molecule has 144 valence electrons. The van der Waals surface area contributed by atoms with Crippen molar-refractivity contribution in [1.29, 1.82) is 0 Å². The minimum atomic E-state index is -0.365. The van der Waals surface area contributed by atoms with Crippen molar-refractivity contribution in [1.82, 2.24) is 20.4 Å². The summed E-state index contributed by atoms with van der Waals surface area (Å²) in [5.41, 5.74) is 3.19. The molecule has 2 aliphatic rings. The highest BCUT2D eigenvalue weighted by Gasteiger charge is 2.29. The highest BCUT2D eigenvalue weighted by Crippen LogP contribution is 2.28. The van der Waals surface area contributed by atoms with Gasteiger partial charge in [-0.05, 0) is 6.07 Å². The molecule has 4 rings (SSSR count). The molecular weight excluding hydrogens is 372 g/mol. The lowest BCUT2D eigenvalue weighted by Crippen LogP contribution is -2.49. The average Bonchev–Trinajstić information content (AvgIpc) is 3.11. The van der Waals surface area contributed by atoms with Crippen molar-refractivity contribution in [3.05, 3.63) is 51.3 Å². The number of benzene rings is 1. The Labute approximate surface area is 162 Å². The molecule has 2 aliphatic heterocycles. The number of para-hydroxylation sites is 2. The summed E-state index contributed by atoms with van der Waals surface area (Å²) in [6.45, 7) is 3.68. The van der Waals surface area contributed by atoms with E-state index < -0.39 is 0 Å². The van der Waals surface area contributed by atoms with Crippen LogP contribution in [0.4, 0.5) is 11.4 Å². The van der Waals surface area contributed by atoms with E-state index in [1.165, 1.54) is 6.07 Å². The molecule has 1 aromatic heterocycles. The molecule has 0 bridgehead atoms. The number of piperazine rings is 1. The lowest BCUT2D eigenvalue weighted by molar-refractivity contribution is -0.384. The van der Waals surface area contributed by atoms with Crippen molar-refractivity contribution >= 4 is 29.7 Å². The number of fused-ring (bicyclic) bond motifs is 1. The average molecular weight is 393 g/mol. The van der Waals surface area contributed by atoms with Gasteiger partial charge in [0.05, 0.1) is 4.92 Å². The SMILES string of the molecule is Cl.O=C(c1n[nH]c2c1CNCC2)N1CCN(c2ccccc2[N+](=O)[O-])CC1. The van der Waals surface area contributed by atoms with Crippen molar-refractivity contribution < 1.29 is 9.72 Å². The Kier molecular flexibility index (Phi) is 5.62. The van der Waals surface area contributed by atoms with Crippen LogP contribution in [0.3, 0.4) is 0 Å². The third kappa shape index (κ3) is 3.60. The minimum Gasteiger partial charge on any atom is -0.362 e. The van der Waals surface area contributed by atoms with Gasteiger partial charge >= 0.3 is 0 Å². The summed E-state index contributed by atoms with van der Waals surface area (Å²) in [5.74, 6) is -0.0755. The summed E-state index contributed by atoms with van der Waals surface area (Å²) in [5, 5.41) is 21.7. The number of halogens is 1. The molecule has 0 unspecified atom stereocenters. The predicted octanol–water partition coefficient (Wildman–Crippen LogP) is 1.35. The van der Waals surface area contributed by atoms with Crippen LogP contribution in [0.2, 0.25) is 0 Å². The van der Waals surface area contributed by atoms with Crippen LogP contribution in [0.25, 0.3) is 0 Å². The van der Waals surface area contributed by atoms with Gasteiger partial charge in [-0.2, -0.15) is 5.10 Å². The Morgan fingerprint density at radius 1 is 1.19 bits per heavy atom. The van der Waals surface area contributed by atoms with Gasteiger partial charge in [0.2, 0.25) is 0 Å². The van der Waals surface area contributed by atoms with E-state index in [4.69, 9.17) is 0 Å². The minimum absolute atomic E-state index is 0. The second-order valence-corrected chi connectivity index (χ2v) is 6.48. The maximum absolute atomic E-state index is 12.8. The molecule has 1 saturated heterocycles. The topological polar surface area (TPSA) is 107 Å². The predicted molar refractivity (Wildman–Crippen MR) is 102 cm³/mol. The fraction of sp³-hybridized carbons (Fsp3) is 0.412. The van der Waals surface area contributed by atoms with Gasteiger partial charge in [0.15, 0.2) is 5.69 Å². The number of H-pyrrole nitrogens is 1. The van der Waals surface area contributed by atoms with Crippen LogP contribution >= 0.6 is 12.4 Å². The van der Waals surface area contributed by atoms with E-state index in [0.717, 1.165) is 24.2 Å². The maximum Gasteiger partial charge on any atom is 0.292 e. The Morgan fingerprint density at radius 2 is 1.93 bits per heavy atom. The summed E-state index contributed by atoms with van der Waals surface area (Å²) in [6.07, 6.45) is 0.848. The monoisotopic (exact) mass is 392 g/mol. The number of nitro groups is 1. The molecule has 2 N–H and O–H groups in total. The summed E-state index contributed by atoms with van der Waals surface area (Å²) in [4.78, 5) is 27.4. The first-order valence-corrected chi connectivity index (χ1v) is 8.69. The van der Waals surface area contributed by atoms with Gasteiger partial charge in [0.1, 0.15) is 5.69 Å². The summed E-state index contributed by atoms with van der Waals surface area (Å²) in [7, 11) is 0. The maximum atomic E-state index is 12.8. The van der Waals surface area contributed by atoms with Crippen molar-refractivity contribution in [2.45, 2.75) is 13.0 Å². The van der Waals surface area contributed by atoms with E-state index in [2.05, 4.69) is 15.5 Å². The zero-order valence-electron chi connectivity index (χ0n) is 14.7. The van der Waals surface area contributed by atoms with Crippen LogP contribution in [0, 0.1) is 10.1 Å². The Balaban J connectivity index is 0.00000210. The van der Waals surface area contributed by atoms with Gasteiger partial charge in [-0.3, -0.25) is 20.0 Å². The molecule has 0 spiro atoms. The molecule has 1 aromatic carbocycles. The molecular formula is C17H21ClN6O3. The standard InChI is InChI=1S/C17H20N6O3.ClH/c24-17(16-12-11-18-6-5-13(12)19-20-16)22-9-7-21(8-10-22)14-3-1-2-4-15(14)23(25)26;/h1-4,18H,5-11H2,(H,19,20);1H. The van der Waals surface area contributed by atoms with Crippen LogP contribution in [0.1, 0.15) is 21.7 Å². The number of rotatable bonds is 3. The molecule has 1 amide bonds. The number of hydrogen-bond donors (Lipinski definition) is 2. The summed E-state index contributed by atoms with van der Waals surface area (Å²) in [6, 6.07) is 6.72. The highest BCUT2D eigenvalue weighted by molar-refractivity contribution is 5.94. The van der Waals surface area contributed by atoms with Crippen molar-refractivity contribution in [2.75, 3.05) is 37.6 Å². The molecule has 0 radical (unpaired) electrons. The van der Waals surface area contributed by atoms with Crippen LogP contribution in [-0.4, -0.2) is 58.7 Å². The van der Waals surface area contributed by atoms with Crippen molar-refractivity contribution in [3.63, 3.8) is 0 Å². The zero-order chi connectivity index (χ0) is 18.1. The Hall–Kier alpha value is -2.65. The second-order valence-electron chi connectivity index (χ2n) is 6.48. The molecule has 27 heavy (non-hydrogen) atoms. The highest BCUT2D eigenvalue weighted by atomic mass is 35.5. The first-order chi connectivity index (χ1) is 12.6. The van der Waals surface area contributed by atoms with Gasteiger partial charge in [0.25, 0.3) is 11.6 Å². The largest absolute Gasteiger partial charge is 0.362 e. The Morgan fingerprint density at radius 3 is 2.67 bits per heavy atom. The molecule has 1 fully saturated rings.